The van der Waals surface area contributed by atoms with Crippen molar-refractivity contribution in [3.63, 3.8) is 0 Å². The third-order valence-corrected chi connectivity index (χ3v) is 15.2. The SMILES string of the molecule is CC(C)[C@@H]1NC(=O)[C@H](C)NC(=O)[C@H](Cc2ccc(O)cc2)NC(=O)[C@H](CS)NC(=O)CNC(=O)[C@H](CO)NC(=O)[C@H](CO)NC(=O)[C@H](C)NC(=O)[C@@H]2CCCN2C(=O)[C@H](CO)NC(=O)[C@H](CC(=O)O)NC(=O)CNC(=O)[C@H](CCCN=C(N)N)NC(=O)CNC(=O)[C@H]([C@@H](C)O)NC1=O. The number of rotatable bonds is 14. The average molecular weight is 1410 g/mol. The van der Waals surface area contributed by atoms with Gasteiger partial charge in [-0.3, -0.25) is 81.7 Å². The Labute approximate surface area is 566 Å². The number of fused-ring (bicyclic) bond motifs is 1. The number of guanidine groups is 1. The molecule has 40 nitrogen and oxygen atoms in total. The molecule has 0 bridgehead atoms. The molecular formula is C57H88N18O22S. The maximum Gasteiger partial charge on any atom is 0.305 e. The summed E-state index contributed by atoms with van der Waals surface area (Å²) in [7, 11) is 0. The molecule has 0 aromatic heterocycles. The van der Waals surface area contributed by atoms with Crippen molar-refractivity contribution < 1.29 is 107 Å². The first-order valence-corrected chi connectivity index (χ1v) is 31.4. The molecule has 3 rings (SSSR count). The van der Waals surface area contributed by atoms with Gasteiger partial charge in [0, 0.05) is 25.3 Å². The second-order valence-electron chi connectivity index (χ2n) is 23.0. The molecule has 0 aliphatic carbocycles. The van der Waals surface area contributed by atoms with E-state index in [9.17, 15) is 107 Å². The number of carbonyl (C=O) groups is 16. The molecule has 41 heteroatoms. The maximum absolute atomic E-state index is 14.0. The standard InChI is InChI=1S/C57H88N18O22S/c1-25(2)43-55(96)74-44(28(5)79)54(95)63-20-39(81)66-31(8-6-14-60-57(58)59)47(88)61-18-40(82)67-33(17-42(84)85)50(91)72-36(23-78)56(97)75-15-7-9-38(75)53(94)65-26(3)45(86)70-35(22-77)51(92)71-34(21-76)48(89)62-19-41(83)68-37(24-98)52(93)69-32(16-29-10-12-30(80)13-11-29)49(90)64-27(4)46(87)73-43/h10-13,25-28,31-38,43-44,76-80,98H,6-9,14-24H2,1-5H3,(H,61,88)(H,62,89)(H,63,95)(H,64,90)(H,65,94)(H,66,81)(H,67,82)(H,68,83)(H,69,93)(H,70,86)(H,71,92)(H,72,91)(H,73,87)(H,74,96)(H,84,85)(H4,58,59,60)/t26-,27-,28+,31-,32-,33-,34-,35-,36-,37-,38-,43-,44-/m0/s1. The number of aliphatic imine (C=N–C) groups is 1. The summed E-state index contributed by atoms with van der Waals surface area (Å²) in [5, 5.41) is 92.3. The highest BCUT2D eigenvalue weighted by Gasteiger charge is 2.41. The van der Waals surface area contributed by atoms with Crippen LogP contribution in [0.5, 0.6) is 5.75 Å². The Balaban J connectivity index is 2.00. The molecule has 1 aromatic carbocycles. The number of hydrogen-bond acceptors (Lipinski definition) is 23. The van der Waals surface area contributed by atoms with Gasteiger partial charge in [0.05, 0.1) is 52.0 Å². The van der Waals surface area contributed by atoms with E-state index in [1.54, 1.807) is 0 Å². The number of nitrogens with two attached hydrogens (primary N) is 2. The van der Waals surface area contributed by atoms with Crippen molar-refractivity contribution in [3.05, 3.63) is 29.8 Å². The van der Waals surface area contributed by atoms with Gasteiger partial charge in [0.25, 0.3) is 0 Å². The highest BCUT2D eigenvalue weighted by atomic mass is 32.1. The van der Waals surface area contributed by atoms with Crippen molar-refractivity contribution in [3.8, 4) is 5.75 Å². The zero-order valence-electron chi connectivity index (χ0n) is 54.2. The molecule has 2 saturated heterocycles. The summed E-state index contributed by atoms with van der Waals surface area (Å²) in [5.74, 6) is -19.8. The fraction of sp³-hybridized carbons (Fsp3) is 0.596. The van der Waals surface area contributed by atoms with Crippen LogP contribution in [0.3, 0.4) is 0 Å². The summed E-state index contributed by atoms with van der Waals surface area (Å²) < 4.78 is 0. The Morgan fingerprint density at radius 1 is 0.551 bits per heavy atom. The number of phenols is 1. The predicted molar refractivity (Wildman–Crippen MR) is 342 cm³/mol. The lowest BCUT2D eigenvalue weighted by atomic mass is 10.0. The summed E-state index contributed by atoms with van der Waals surface area (Å²) >= 11 is 4.15. The number of aliphatic hydroxyl groups excluding tert-OH is 4. The third kappa shape index (κ3) is 26.9. The van der Waals surface area contributed by atoms with Crippen molar-refractivity contribution in [2.45, 2.75) is 152 Å². The molecule has 544 valence electrons. The topological polar surface area (TPSA) is 631 Å². The molecule has 2 fully saturated rings. The van der Waals surface area contributed by atoms with Gasteiger partial charge in [-0.05, 0) is 70.1 Å². The number of nitrogens with one attached hydrogen (secondary N) is 14. The van der Waals surface area contributed by atoms with E-state index in [2.05, 4.69) is 92.1 Å². The molecule has 2 heterocycles. The quantitative estimate of drug-likeness (QED) is 0.0356. The van der Waals surface area contributed by atoms with Gasteiger partial charge in [0.1, 0.15) is 78.3 Å². The van der Waals surface area contributed by atoms with Crippen LogP contribution in [-0.2, 0) is 83.1 Å². The van der Waals surface area contributed by atoms with Crippen LogP contribution in [0.15, 0.2) is 29.3 Å². The van der Waals surface area contributed by atoms with Crippen LogP contribution in [0, 0.1) is 5.92 Å². The minimum atomic E-state index is -1.99. The summed E-state index contributed by atoms with van der Waals surface area (Å²) in [4.78, 5) is 220. The lowest BCUT2D eigenvalue weighted by molar-refractivity contribution is -0.144. The number of aromatic hydroxyl groups is 1. The van der Waals surface area contributed by atoms with Gasteiger partial charge in [-0.15, -0.1) is 0 Å². The first kappa shape index (κ1) is 82.2. The molecule has 0 saturated carbocycles. The number of hydrogen-bond donors (Lipinski definition) is 23. The van der Waals surface area contributed by atoms with E-state index in [4.69, 9.17) is 11.5 Å². The van der Waals surface area contributed by atoms with Gasteiger partial charge in [-0.25, -0.2) is 0 Å². The average Bonchev–Trinajstić information content (AvgIpc) is 1.61. The summed E-state index contributed by atoms with van der Waals surface area (Å²) in [6, 6.07) is -14.5. The molecule has 0 radical (unpaired) electrons. The molecule has 13 atom stereocenters. The zero-order valence-corrected chi connectivity index (χ0v) is 55.1. The molecule has 15 amide bonds. The molecule has 98 heavy (non-hydrogen) atoms. The van der Waals surface area contributed by atoms with E-state index in [1.807, 2.05) is 0 Å². The van der Waals surface area contributed by atoms with Crippen LogP contribution in [-0.4, -0.2) is 273 Å². The van der Waals surface area contributed by atoms with E-state index in [0.717, 1.165) is 18.7 Å². The van der Waals surface area contributed by atoms with Gasteiger partial charge in [0.15, 0.2) is 5.96 Å². The zero-order chi connectivity index (χ0) is 73.7. The Hall–Kier alpha value is -10.00. The van der Waals surface area contributed by atoms with Crippen molar-refractivity contribution in [2.75, 3.05) is 58.3 Å². The normalized spacial score (nSPS) is 26.6. The number of phenolic OH excluding ortho intramolecular Hbond substituents is 1. The van der Waals surface area contributed by atoms with Crippen molar-refractivity contribution in [2.24, 2.45) is 22.4 Å². The van der Waals surface area contributed by atoms with Gasteiger partial charge in [-0.1, -0.05) is 26.0 Å². The highest BCUT2D eigenvalue weighted by molar-refractivity contribution is 7.80. The molecule has 2 aliphatic rings. The fourth-order valence-electron chi connectivity index (χ4n) is 9.43. The van der Waals surface area contributed by atoms with E-state index >= 15 is 0 Å². The van der Waals surface area contributed by atoms with Crippen LogP contribution in [0.1, 0.15) is 72.3 Å². The number of aliphatic carboxylic acids is 1. The summed E-state index contributed by atoms with van der Waals surface area (Å²) in [6.07, 6.45) is -3.18. The third-order valence-electron chi connectivity index (χ3n) is 14.8. The largest absolute Gasteiger partial charge is 0.508 e. The molecule has 1 aromatic rings. The molecule has 2 aliphatic heterocycles. The number of nitrogens with zero attached hydrogens (tertiary/aromatic N) is 2. The van der Waals surface area contributed by atoms with Crippen LogP contribution in [0.25, 0.3) is 0 Å². The van der Waals surface area contributed by atoms with Crippen LogP contribution < -0.4 is 85.9 Å². The van der Waals surface area contributed by atoms with E-state index in [1.165, 1.54) is 45.0 Å². The highest BCUT2D eigenvalue weighted by Crippen LogP contribution is 2.20. The number of carbonyl (C=O) groups excluding carboxylic acids is 15. The Morgan fingerprint density at radius 2 is 1.00 bits per heavy atom. The van der Waals surface area contributed by atoms with Gasteiger partial charge >= 0.3 is 5.97 Å². The van der Waals surface area contributed by atoms with Crippen LogP contribution in [0.4, 0.5) is 0 Å². The van der Waals surface area contributed by atoms with Crippen LogP contribution in [0.2, 0.25) is 0 Å². The Morgan fingerprint density at radius 3 is 1.53 bits per heavy atom. The Kier molecular flexibility index (Phi) is 34.0. The number of carboxylic acids is 1. The molecular weight excluding hydrogens is 1320 g/mol. The van der Waals surface area contributed by atoms with Crippen molar-refractivity contribution in [1.29, 1.82) is 0 Å². The molecule has 0 spiro atoms. The van der Waals surface area contributed by atoms with Gasteiger partial charge in [-0.2, -0.15) is 12.6 Å². The van der Waals surface area contributed by atoms with E-state index in [-0.39, 0.29) is 56.9 Å². The smallest absolute Gasteiger partial charge is 0.305 e. The minimum absolute atomic E-state index is 0.0117. The van der Waals surface area contributed by atoms with Gasteiger partial charge in [0.2, 0.25) is 88.6 Å². The first-order chi connectivity index (χ1) is 46.1. The number of thiol groups is 1. The lowest BCUT2D eigenvalue weighted by Gasteiger charge is -2.29. The van der Waals surface area contributed by atoms with E-state index in [0.29, 0.717) is 5.56 Å². The van der Waals surface area contributed by atoms with Gasteiger partial charge < -0.3 is 121 Å². The van der Waals surface area contributed by atoms with Crippen LogP contribution >= 0.6 is 12.6 Å². The summed E-state index contributed by atoms with van der Waals surface area (Å²) in [5.41, 5.74) is 11.2. The van der Waals surface area contributed by atoms with Crippen molar-refractivity contribution in [1.82, 2.24) is 79.3 Å². The first-order valence-electron chi connectivity index (χ1n) is 30.8. The number of amides is 15. The number of benzene rings is 1. The predicted octanol–water partition coefficient (Wildman–Crippen LogP) is -11.9. The second-order valence-corrected chi connectivity index (χ2v) is 23.4. The fourth-order valence-corrected chi connectivity index (χ4v) is 9.69. The second kappa shape index (κ2) is 40.5. The Bertz CT molecular complexity index is 3080. The monoisotopic (exact) mass is 1410 g/mol. The lowest BCUT2D eigenvalue weighted by Crippen LogP contribution is -2.61. The number of carboxylic acid groups (broad SMARTS) is 1. The molecule has 0 unspecified atom stereocenters. The molecule has 24 N–H and O–H groups in total. The number of aliphatic hydroxyl groups is 4. The minimum Gasteiger partial charge on any atom is -0.508 e. The van der Waals surface area contributed by atoms with E-state index < -0.39 is 231 Å². The summed E-state index contributed by atoms with van der Waals surface area (Å²) in [6.45, 7) is 0.0457. The van der Waals surface area contributed by atoms with Crippen molar-refractivity contribution >= 4 is 113 Å². The maximum atomic E-state index is 14.0.